The van der Waals surface area contributed by atoms with E-state index in [4.69, 9.17) is 4.52 Å². The molecule has 0 spiro atoms. The maximum Gasteiger partial charge on any atom is 0.322 e. The number of nitrogens with zero attached hydrogens (tertiary/aromatic N) is 5. The minimum absolute atomic E-state index is 0.0387. The van der Waals surface area contributed by atoms with E-state index in [-0.39, 0.29) is 22.9 Å². The SMILES string of the molecule is CC1Cc2onc(-c3ncccn3)c2CN1C(=O)Nc1ccnc(Br)c1F. The molecule has 3 aromatic rings. The van der Waals surface area contributed by atoms with Gasteiger partial charge in [-0.25, -0.2) is 24.1 Å². The molecule has 2 amide bonds. The fourth-order valence-electron chi connectivity index (χ4n) is 2.94. The number of carbonyl (C=O) groups is 1. The van der Waals surface area contributed by atoms with Crippen LogP contribution in [-0.4, -0.2) is 37.1 Å². The van der Waals surface area contributed by atoms with Crippen molar-refractivity contribution in [1.82, 2.24) is 25.0 Å². The maximum absolute atomic E-state index is 14.1. The Morgan fingerprint density at radius 1 is 1.33 bits per heavy atom. The first-order valence-corrected chi connectivity index (χ1v) is 8.96. The van der Waals surface area contributed by atoms with Crippen LogP contribution in [0.1, 0.15) is 18.2 Å². The van der Waals surface area contributed by atoms with Gasteiger partial charge < -0.3 is 14.7 Å². The number of hydrogen-bond acceptors (Lipinski definition) is 6. The van der Waals surface area contributed by atoms with Crippen LogP contribution in [-0.2, 0) is 13.0 Å². The quantitative estimate of drug-likeness (QED) is 0.623. The zero-order chi connectivity index (χ0) is 19.0. The van der Waals surface area contributed by atoms with Crippen molar-refractivity contribution in [2.24, 2.45) is 0 Å². The van der Waals surface area contributed by atoms with Gasteiger partial charge in [-0.3, -0.25) is 0 Å². The van der Waals surface area contributed by atoms with Crippen molar-refractivity contribution in [3.63, 3.8) is 0 Å². The van der Waals surface area contributed by atoms with Crippen molar-refractivity contribution in [2.45, 2.75) is 25.9 Å². The van der Waals surface area contributed by atoms with E-state index in [1.54, 1.807) is 23.4 Å². The lowest BCUT2D eigenvalue weighted by Gasteiger charge is -2.32. The van der Waals surface area contributed by atoms with Crippen molar-refractivity contribution in [3.05, 3.63) is 52.5 Å². The minimum atomic E-state index is -0.625. The third-order valence-electron chi connectivity index (χ3n) is 4.34. The van der Waals surface area contributed by atoms with Gasteiger partial charge in [0.2, 0.25) is 0 Å². The number of urea groups is 1. The average Bonchev–Trinajstić information content (AvgIpc) is 3.08. The van der Waals surface area contributed by atoms with Gasteiger partial charge >= 0.3 is 6.03 Å². The Hall–Kier alpha value is -2.88. The lowest BCUT2D eigenvalue weighted by atomic mass is 10.0. The van der Waals surface area contributed by atoms with E-state index in [0.717, 1.165) is 5.56 Å². The van der Waals surface area contributed by atoms with Crippen molar-refractivity contribution in [2.75, 3.05) is 5.32 Å². The molecule has 0 aliphatic carbocycles. The molecule has 3 aromatic heterocycles. The minimum Gasteiger partial charge on any atom is -0.360 e. The van der Waals surface area contributed by atoms with Gasteiger partial charge in [-0.2, -0.15) is 0 Å². The van der Waals surface area contributed by atoms with Gasteiger partial charge in [0.05, 0.1) is 12.2 Å². The summed E-state index contributed by atoms with van der Waals surface area (Å²) in [5, 5.41) is 6.67. The highest BCUT2D eigenvalue weighted by atomic mass is 79.9. The second-order valence-corrected chi connectivity index (χ2v) is 6.83. The van der Waals surface area contributed by atoms with Gasteiger partial charge in [-0.1, -0.05) is 5.16 Å². The second-order valence-electron chi connectivity index (χ2n) is 6.08. The molecule has 1 aliphatic rings. The molecule has 0 saturated heterocycles. The molecule has 1 atom stereocenters. The standard InChI is InChI=1S/C17H14BrFN6O2/c1-9-7-12-10(14(24-27-12)16-21-4-2-5-22-16)8-25(9)17(26)23-11-3-6-20-15(18)13(11)19/h2-6,9H,7-8H2,1H3,(H,20,23,26). The van der Waals surface area contributed by atoms with Crippen LogP contribution >= 0.6 is 15.9 Å². The van der Waals surface area contributed by atoms with Gasteiger partial charge in [0.1, 0.15) is 10.4 Å². The summed E-state index contributed by atoms with van der Waals surface area (Å²) < 4.78 is 19.6. The Balaban J connectivity index is 1.60. The molecule has 4 heterocycles. The van der Waals surface area contributed by atoms with Crippen molar-refractivity contribution in [1.29, 1.82) is 0 Å². The van der Waals surface area contributed by atoms with Gasteiger partial charge in [0.25, 0.3) is 0 Å². The van der Waals surface area contributed by atoms with Crippen LogP contribution in [0.25, 0.3) is 11.5 Å². The van der Waals surface area contributed by atoms with Crippen molar-refractivity contribution < 1.29 is 13.7 Å². The van der Waals surface area contributed by atoms with Crippen LogP contribution in [0.5, 0.6) is 0 Å². The Bertz CT molecular complexity index is 996. The first kappa shape index (κ1) is 17.5. The Labute approximate surface area is 161 Å². The number of anilines is 1. The van der Waals surface area contributed by atoms with E-state index in [2.05, 4.69) is 41.4 Å². The molecule has 8 nitrogen and oxygen atoms in total. The predicted octanol–water partition coefficient (Wildman–Crippen LogP) is 3.41. The summed E-state index contributed by atoms with van der Waals surface area (Å²) in [6.45, 7) is 2.15. The molecule has 0 aromatic carbocycles. The predicted molar refractivity (Wildman–Crippen MR) is 97.2 cm³/mol. The number of halogens is 2. The van der Waals surface area contributed by atoms with Gasteiger partial charge in [0.15, 0.2) is 17.3 Å². The summed E-state index contributed by atoms with van der Waals surface area (Å²) in [4.78, 5) is 26.5. The lowest BCUT2D eigenvalue weighted by molar-refractivity contribution is 0.176. The molecular weight excluding hydrogens is 419 g/mol. The number of pyridine rings is 1. The average molecular weight is 433 g/mol. The molecule has 10 heteroatoms. The first-order chi connectivity index (χ1) is 13.0. The fourth-order valence-corrected chi connectivity index (χ4v) is 3.27. The number of aromatic nitrogens is 4. The highest BCUT2D eigenvalue weighted by molar-refractivity contribution is 9.10. The van der Waals surface area contributed by atoms with E-state index in [0.29, 0.717) is 23.7 Å². The summed E-state index contributed by atoms with van der Waals surface area (Å²) >= 11 is 3.01. The molecule has 0 fully saturated rings. The topological polar surface area (TPSA) is 97.0 Å². The van der Waals surface area contributed by atoms with E-state index < -0.39 is 11.8 Å². The molecule has 0 radical (unpaired) electrons. The molecule has 4 rings (SSSR count). The summed E-state index contributed by atoms with van der Waals surface area (Å²) in [6.07, 6.45) is 5.13. The summed E-state index contributed by atoms with van der Waals surface area (Å²) in [6, 6.07) is 2.54. The largest absolute Gasteiger partial charge is 0.360 e. The Kier molecular flexibility index (Phi) is 4.56. The summed E-state index contributed by atoms with van der Waals surface area (Å²) in [5.74, 6) is 0.507. The number of amides is 2. The first-order valence-electron chi connectivity index (χ1n) is 8.17. The van der Waals surface area contributed by atoms with Crippen LogP contribution in [0.3, 0.4) is 0 Å². The van der Waals surface area contributed by atoms with Crippen LogP contribution in [0.4, 0.5) is 14.9 Å². The van der Waals surface area contributed by atoms with E-state index in [1.165, 1.54) is 12.3 Å². The van der Waals surface area contributed by atoms with Crippen LogP contribution in [0, 0.1) is 5.82 Å². The van der Waals surface area contributed by atoms with Crippen LogP contribution < -0.4 is 5.32 Å². The second kappa shape index (κ2) is 7.03. The Morgan fingerprint density at radius 3 is 2.89 bits per heavy atom. The number of hydrogen-bond donors (Lipinski definition) is 1. The third kappa shape index (κ3) is 3.27. The number of rotatable bonds is 2. The maximum atomic E-state index is 14.1. The van der Waals surface area contributed by atoms with Crippen molar-refractivity contribution >= 4 is 27.6 Å². The normalized spacial score (nSPS) is 16.1. The molecule has 27 heavy (non-hydrogen) atoms. The third-order valence-corrected chi connectivity index (χ3v) is 4.89. The number of nitrogens with one attached hydrogen (secondary N) is 1. The molecular formula is C17H14BrFN6O2. The number of fused-ring (bicyclic) bond motifs is 1. The molecule has 138 valence electrons. The Morgan fingerprint density at radius 2 is 2.11 bits per heavy atom. The molecule has 1 N–H and O–H groups in total. The smallest absolute Gasteiger partial charge is 0.322 e. The molecule has 1 aliphatic heterocycles. The molecule has 0 bridgehead atoms. The monoisotopic (exact) mass is 432 g/mol. The lowest BCUT2D eigenvalue weighted by Crippen LogP contribution is -2.44. The van der Waals surface area contributed by atoms with Crippen LogP contribution in [0.15, 0.2) is 39.8 Å². The summed E-state index contributed by atoms with van der Waals surface area (Å²) in [5.41, 5.74) is 1.32. The molecule has 0 saturated carbocycles. The van der Waals surface area contributed by atoms with Crippen molar-refractivity contribution in [3.8, 4) is 11.5 Å². The van der Waals surface area contributed by atoms with Gasteiger partial charge in [-0.15, -0.1) is 0 Å². The highest BCUT2D eigenvalue weighted by Crippen LogP contribution is 2.31. The zero-order valence-corrected chi connectivity index (χ0v) is 15.8. The highest BCUT2D eigenvalue weighted by Gasteiger charge is 2.33. The summed E-state index contributed by atoms with van der Waals surface area (Å²) in [7, 11) is 0. The van der Waals surface area contributed by atoms with Gasteiger partial charge in [-0.05, 0) is 35.0 Å². The molecule has 1 unspecified atom stereocenters. The zero-order valence-electron chi connectivity index (χ0n) is 14.2. The van der Waals surface area contributed by atoms with E-state index in [1.807, 2.05) is 6.92 Å². The number of carbonyl (C=O) groups excluding carboxylic acids is 1. The van der Waals surface area contributed by atoms with E-state index in [9.17, 15) is 9.18 Å². The van der Waals surface area contributed by atoms with Crippen LogP contribution in [0.2, 0.25) is 0 Å². The van der Waals surface area contributed by atoms with Gasteiger partial charge in [0, 0.05) is 36.6 Å². The van der Waals surface area contributed by atoms with E-state index >= 15 is 0 Å². The fraction of sp³-hybridized carbons (Fsp3) is 0.235.